The third kappa shape index (κ3) is 5.60. The second-order valence-electron chi connectivity index (χ2n) is 6.10. The number of hydrogen-bond acceptors (Lipinski definition) is 5. The van der Waals surface area contributed by atoms with Gasteiger partial charge in [0.1, 0.15) is 5.82 Å². The number of carbonyl (C=O) groups is 2. The average molecular weight is 393 g/mol. The van der Waals surface area contributed by atoms with Crippen LogP contribution in [0.25, 0.3) is 0 Å². The van der Waals surface area contributed by atoms with Crippen molar-refractivity contribution < 1.29 is 22.4 Å². The van der Waals surface area contributed by atoms with E-state index in [-0.39, 0.29) is 29.2 Å². The normalized spacial score (nSPS) is 11.1. The summed E-state index contributed by atoms with van der Waals surface area (Å²) >= 11 is 0. The van der Waals surface area contributed by atoms with Gasteiger partial charge in [-0.3, -0.25) is 9.59 Å². The average Bonchev–Trinajstić information content (AvgIpc) is 2.59. The molecule has 2 aromatic carbocycles. The van der Waals surface area contributed by atoms with Crippen molar-refractivity contribution in [3.8, 4) is 0 Å². The molecule has 144 valence electrons. The van der Waals surface area contributed by atoms with Crippen LogP contribution in [0.3, 0.4) is 0 Å². The van der Waals surface area contributed by atoms with Crippen LogP contribution in [-0.2, 0) is 14.8 Å². The maximum Gasteiger partial charge on any atom is 0.238 e. The van der Waals surface area contributed by atoms with Crippen molar-refractivity contribution in [3.63, 3.8) is 0 Å². The van der Waals surface area contributed by atoms with Gasteiger partial charge in [-0.15, -0.1) is 0 Å². The standard InChI is InChI=1S/C18H20FN3O4S/c1-22(2)16-8-7-14(27(20,25)26)11-15(16)21-18(24)10-9-17(23)12-3-5-13(19)6-4-12/h3-8,11H,9-10H2,1-2H3,(H,21,24)(H2,20,25,26). The highest BCUT2D eigenvalue weighted by atomic mass is 32.2. The number of Topliss-reactive ketones (excluding diaryl/α,β-unsaturated/α-hetero) is 1. The Kier molecular flexibility index (Phi) is 6.29. The summed E-state index contributed by atoms with van der Waals surface area (Å²) in [4.78, 5) is 25.8. The minimum atomic E-state index is -3.92. The highest BCUT2D eigenvalue weighted by Crippen LogP contribution is 2.27. The number of halogens is 1. The monoisotopic (exact) mass is 393 g/mol. The summed E-state index contributed by atoms with van der Waals surface area (Å²) in [5, 5.41) is 7.74. The smallest absolute Gasteiger partial charge is 0.238 e. The fourth-order valence-corrected chi connectivity index (χ4v) is 2.94. The zero-order valence-corrected chi connectivity index (χ0v) is 15.7. The number of rotatable bonds is 7. The molecule has 9 heteroatoms. The molecule has 0 aromatic heterocycles. The van der Waals surface area contributed by atoms with Crippen LogP contribution >= 0.6 is 0 Å². The number of carbonyl (C=O) groups excluding carboxylic acids is 2. The maximum absolute atomic E-state index is 12.9. The molecule has 0 aliphatic carbocycles. The fraction of sp³-hybridized carbons (Fsp3) is 0.222. The molecule has 0 atom stereocenters. The first-order valence-corrected chi connectivity index (χ1v) is 9.55. The topological polar surface area (TPSA) is 110 Å². The molecule has 0 saturated heterocycles. The van der Waals surface area contributed by atoms with Crippen molar-refractivity contribution in [1.29, 1.82) is 0 Å². The van der Waals surface area contributed by atoms with E-state index in [1.165, 1.54) is 42.5 Å². The first-order valence-electron chi connectivity index (χ1n) is 8.00. The van der Waals surface area contributed by atoms with E-state index >= 15 is 0 Å². The van der Waals surface area contributed by atoms with Crippen molar-refractivity contribution >= 4 is 33.1 Å². The van der Waals surface area contributed by atoms with Gasteiger partial charge in [0.05, 0.1) is 16.3 Å². The third-order valence-corrected chi connectivity index (χ3v) is 4.71. The van der Waals surface area contributed by atoms with Gasteiger partial charge in [0.25, 0.3) is 0 Å². The number of nitrogens with one attached hydrogen (secondary N) is 1. The Bertz CT molecular complexity index is 957. The molecule has 3 N–H and O–H groups in total. The van der Waals surface area contributed by atoms with Crippen LogP contribution in [0.2, 0.25) is 0 Å². The van der Waals surface area contributed by atoms with Gasteiger partial charge >= 0.3 is 0 Å². The van der Waals surface area contributed by atoms with Crippen LogP contribution in [0.1, 0.15) is 23.2 Å². The Morgan fingerprint density at radius 2 is 1.70 bits per heavy atom. The summed E-state index contributed by atoms with van der Waals surface area (Å²) in [6.45, 7) is 0. The number of amides is 1. The van der Waals surface area contributed by atoms with E-state index in [4.69, 9.17) is 5.14 Å². The Balaban J connectivity index is 2.10. The second-order valence-corrected chi connectivity index (χ2v) is 7.66. The van der Waals surface area contributed by atoms with Gasteiger partial charge in [0.2, 0.25) is 15.9 Å². The molecule has 0 spiro atoms. The number of anilines is 2. The summed E-state index contributed by atoms with van der Waals surface area (Å²) in [7, 11) is -0.452. The number of sulfonamides is 1. The number of nitrogens with two attached hydrogens (primary N) is 1. The van der Waals surface area contributed by atoms with Gasteiger partial charge in [-0.2, -0.15) is 0 Å². The molecule has 0 heterocycles. The zero-order chi connectivity index (χ0) is 20.2. The number of ketones is 1. The quantitative estimate of drug-likeness (QED) is 0.701. The summed E-state index contributed by atoms with van der Waals surface area (Å²) < 4.78 is 36.0. The first kappa shape index (κ1) is 20.5. The fourth-order valence-electron chi connectivity index (χ4n) is 2.40. The highest BCUT2D eigenvalue weighted by Gasteiger charge is 2.15. The van der Waals surface area contributed by atoms with E-state index in [1.54, 1.807) is 19.0 Å². The lowest BCUT2D eigenvalue weighted by Crippen LogP contribution is -2.19. The van der Waals surface area contributed by atoms with Crippen LogP contribution in [0.5, 0.6) is 0 Å². The van der Waals surface area contributed by atoms with Gasteiger partial charge in [0, 0.05) is 32.5 Å². The van der Waals surface area contributed by atoms with Crippen LogP contribution in [0.4, 0.5) is 15.8 Å². The van der Waals surface area contributed by atoms with E-state index in [0.717, 1.165) is 0 Å². The minimum Gasteiger partial charge on any atom is -0.376 e. The van der Waals surface area contributed by atoms with Crippen molar-refractivity contribution in [2.45, 2.75) is 17.7 Å². The van der Waals surface area contributed by atoms with E-state index in [1.807, 2.05) is 0 Å². The van der Waals surface area contributed by atoms with Crippen LogP contribution in [-0.4, -0.2) is 34.2 Å². The van der Waals surface area contributed by atoms with Crippen LogP contribution in [0, 0.1) is 5.82 Å². The number of nitrogens with zero attached hydrogens (tertiary/aromatic N) is 1. The third-order valence-electron chi connectivity index (χ3n) is 3.80. The van der Waals surface area contributed by atoms with E-state index in [9.17, 15) is 22.4 Å². The minimum absolute atomic E-state index is 0.0658. The molecule has 0 saturated carbocycles. The molecule has 2 rings (SSSR count). The van der Waals surface area contributed by atoms with E-state index in [0.29, 0.717) is 11.3 Å². The summed E-state index contributed by atoms with van der Waals surface area (Å²) in [5.74, 6) is -1.20. The van der Waals surface area contributed by atoms with Gasteiger partial charge in [-0.25, -0.2) is 17.9 Å². The van der Waals surface area contributed by atoms with Crippen molar-refractivity contribution in [2.24, 2.45) is 5.14 Å². The lowest BCUT2D eigenvalue weighted by atomic mass is 10.1. The molecule has 27 heavy (non-hydrogen) atoms. The molecule has 0 fully saturated rings. The number of hydrogen-bond donors (Lipinski definition) is 2. The first-order chi connectivity index (χ1) is 12.6. The van der Waals surface area contributed by atoms with Crippen LogP contribution in [0.15, 0.2) is 47.4 Å². The number of primary sulfonamides is 1. The Morgan fingerprint density at radius 1 is 1.07 bits per heavy atom. The van der Waals surface area contributed by atoms with Gasteiger partial charge < -0.3 is 10.2 Å². The molecule has 0 radical (unpaired) electrons. The molecule has 2 aromatic rings. The summed E-state index contributed by atoms with van der Waals surface area (Å²) in [5.41, 5.74) is 1.17. The summed E-state index contributed by atoms with van der Waals surface area (Å²) in [6.07, 6.45) is -0.174. The van der Waals surface area contributed by atoms with E-state index in [2.05, 4.69) is 5.32 Å². The number of benzene rings is 2. The van der Waals surface area contributed by atoms with Crippen molar-refractivity contribution in [2.75, 3.05) is 24.3 Å². The van der Waals surface area contributed by atoms with Crippen molar-refractivity contribution in [1.82, 2.24) is 0 Å². The molecular formula is C18H20FN3O4S. The molecule has 0 aliphatic heterocycles. The molecular weight excluding hydrogens is 373 g/mol. The highest BCUT2D eigenvalue weighted by molar-refractivity contribution is 7.89. The lowest BCUT2D eigenvalue weighted by molar-refractivity contribution is -0.116. The van der Waals surface area contributed by atoms with Gasteiger partial charge in [-0.1, -0.05) is 0 Å². The molecule has 0 aliphatic rings. The van der Waals surface area contributed by atoms with E-state index < -0.39 is 21.7 Å². The second kappa shape index (κ2) is 8.28. The Morgan fingerprint density at radius 3 is 2.26 bits per heavy atom. The summed E-state index contributed by atoms with van der Waals surface area (Å²) in [6, 6.07) is 9.21. The predicted molar refractivity (Wildman–Crippen MR) is 101 cm³/mol. The lowest BCUT2D eigenvalue weighted by Gasteiger charge is -2.18. The molecule has 7 nitrogen and oxygen atoms in total. The molecule has 1 amide bonds. The Labute approximate surface area is 157 Å². The van der Waals surface area contributed by atoms with Crippen LogP contribution < -0.4 is 15.4 Å². The SMILES string of the molecule is CN(C)c1ccc(S(N)(=O)=O)cc1NC(=O)CCC(=O)c1ccc(F)cc1. The Hall–Kier alpha value is -2.78. The predicted octanol–water partition coefficient (Wildman–Crippen LogP) is 2.14. The maximum atomic E-state index is 12.9. The molecule has 0 unspecified atom stereocenters. The van der Waals surface area contributed by atoms with Crippen molar-refractivity contribution in [3.05, 3.63) is 53.8 Å². The zero-order valence-electron chi connectivity index (χ0n) is 14.9. The molecule has 0 bridgehead atoms. The largest absolute Gasteiger partial charge is 0.376 e. The van der Waals surface area contributed by atoms with Gasteiger partial charge in [0.15, 0.2) is 5.78 Å². The van der Waals surface area contributed by atoms with Gasteiger partial charge in [-0.05, 0) is 42.5 Å².